The zero-order chi connectivity index (χ0) is 13.5. The van der Waals surface area contributed by atoms with Gasteiger partial charge in [-0.15, -0.1) is 5.10 Å². The predicted molar refractivity (Wildman–Crippen MR) is 69.9 cm³/mol. The van der Waals surface area contributed by atoms with Gasteiger partial charge in [-0.2, -0.15) is 0 Å². The maximum atomic E-state index is 12.1. The highest BCUT2D eigenvalue weighted by Crippen LogP contribution is 2.32. The molecule has 0 N–H and O–H groups in total. The summed E-state index contributed by atoms with van der Waals surface area (Å²) in [6, 6.07) is 3.57. The Kier molecular flexibility index (Phi) is 2.93. The number of sulfone groups is 1. The van der Waals surface area contributed by atoms with Crippen molar-refractivity contribution in [3.63, 3.8) is 0 Å². The summed E-state index contributed by atoms with van der Waals surface area (Å²) < 4.78 is 31.0. The van der Waals surface area contributed by atoms with E-state index < -0.39 is 15.1 Å². The first-order chi connectivity index (χ1) is 9.12. The largest absolute Gasteiger partial charge is 0.493 e. The van der Waals surface area contributed by atoms with Gasteiger partial charge in [-0.25, -0.2) is 17.9 Å². The van der Waals surface area contributed by atoms with Crippen LogP contribution in [0.25, 0.3) is 5.65 Å². The molecular weight excluding hydrogens is 266 g/mol. The van der Waals surface area contributed by atoms with Crippen molar-refractivity contribution in [2.75, 3.05) is 12.9 Å². The van der Waals surface area contributed by atoms with Gasteiger partial charge in [-0.3, -0.25) is 0 Å². The molecule has 0 amide bonds. The minimum absolute atomic E-state index is 0.227. The average Bonchev–Trinajstić information content (AvgIpc) is 2.81. The molecule has 102 valence electrons. The van der Waals surface area contributed by atoms with Crippen molar-refractivity contribution in [1.82, 2.24) is 14.6 Å². The summed E-state index contributed by atoms with van der Waals surface area (Å²) in [4.78, 5) is 4.35. The van der Waals surface area contributed by atoms with Crippen molar-refractivity contribution >= 4 is 15.5 Å². The zero-order valence-corrected chi connectivity index (χ0v) is 11.4. The first kappa shape index (κ1) is 12.4. The Morgan fingerprint density at radius 1 is 1.42 bits per heavy atom. The molecule has 0 spiro atoms. The van der Waals surface area contributed by atoms with Crippen LogP contribution in [-0.2, 0) is 9.84 Å². The Hall–Kier alpha value is -1.63. The predicted octanol–water partition coefficient (Wildman–Crippen LogP) is 1.38. The number of nitrogens with zero attached hydrogens (tertiary/aromatic N) is 3. The molecule has 2 aromatic heterocycles. The summed E-state index contributed by atoms with van der Waals surface area (Å²) in [7, 11) is -1.57. The van der Waals surface area contributed by atoms with Crippen LogP contribution in [0, 0.1) is 0 Å². The zero-order valence-electron chi connectivity index (χ0n) is 10.6. The molecule has 19 heavy (non-hydrogen) atoms. The van der Waals surface area contributed by atoms with Crippen molar-refractivity contribution in [1.29, 1.82) is 0 Å². The maximum Gasteiger partial charge on any atom is 0.198 e. The van der Waals surface area contributed by atoms with Gasteiger partial charge in [0.25, 0.3) is 0 Å². The van der Waals surface area contributed by atoms with E-state index >= 15 is 0 Å². The quantitative estimate of drug-likeness (QED) is 0.831. The van der Waals surface area contributed by atoms with E-state index in [9.17, 15) is 8.42 Å². The van der Waals surface area contributed by atoms with Gasteiger partial charge in [0.05, 0.1) is 12.9 Å². The lowest BCUT2D eigenvalue weighted by Crippen LogP contribution is -2.22. The first-order valence-electron chi connectivity index (χ1n) is 6.22. The fraction of sp³-hybridized carbons (Fsp3) is 0.500. The van der Waals surface area contributed by atoms with Gasteiger partial charge < -0.3 is 4.74 Å². The molecule has 1 fully saturated rings. The summed E-state index contributed by atoms with van der Waals surface area (Å²) in [5.74, 6) is 1.20. The van der Waals surface area contributed by atoms with Crippen molar-refractivity contribution in [3.8, 4) is 5.75 Å². The minimum atomic E-state index is -3.12. The second kappa shape index (κ2) is 4.48. The topological polar surface area (TPSA) is 73.6 Å². The highest BCUT2D eigenvalue weighted by Gasteiger charge is 2.33. The Morgan fingerprint density at radius 3 is 3.00 bits per heavy atom. The highest BCUT2D eigenvalue weighted by atomic mass is 32.2. The van der Waals surface area contributed by atoms with Gasteiger partial charge >= 0.3 is 0 Å². The van der Waals surface area contributed by atoms with Gasteiger partial charge in [-0.05, 0) is 25.0 Å². The molecule has 1 unspecified atom stereocenters. The number of hydrogen-bond donors (Lipinski definition) is 0. The molecule has 3 heterocycles. The summed E-state index contributed by atoms with van der Waals surface area (Å²) in [6.07, 6.45) is 3.97. The molecule has 0 bridgehead atoms. The molecule has 7 heteroatoms. The minimum Gasteiger partial charge on any atom is -0.493 e. The van der Waals surface area contributed by atoms with Crippen LogP contribution in [0.3, 0.4) is 0 Å². The summed E-state index contributed by atoms with van der Waals surface area (Å²) in [5.41, 5.74) is 0.556. The third-order valence-electron chi connectivity index (χ3n) is 3.43. The van der Waals surface area contributed by atoms with Gasteiger partial charge in [0.15, 0.2) is 27.1 Å². The molecule has 1 atom stereocenters. The van der Waals surface area contributed by atoms with Gasteiger partial charge in [0.2, 0.25) is 0 Å². The standard InChI is InChI=1S/C12H15N3O3S/c1-18-9-5-4-7-15-12(9)13-11(14-15)10-6-2-3-8-19(10,16)17/h4-5,7,10H,2-3,6,8H2,1H3. The molecule has 3 rings (SSSR count). The van der Waals surface area contributed by atoms with E-state index in [2.05, 4.69) is 10.1 Å². The molecule has 6 nitrogen and oxygen atoms in total. The van der Waals surface area contributed by atoms with E-state index in [0.29, 0.717) is 23.6 Å². The Morgan fingerprint density at radius 2 is 2.26 bits per heavy atom. The van der Waals surface area contributed by atoms with Crippen LogP contribution >= 0.6 is 0 Å². The van der Waals surface area contributed by atoms with Crippen LogP contribution < -0.4 is 4.74 Å². The van der Waals surface area contributed by atoms with Crippen LogP contribution in [0.15, 0.2) is 18.3 Å². The van der Waals surface area contributed by atoms with Crippen LogP contribution in [0.5, 0.6) is 5.75 Å². The molecular formula is C12H15N3O3S. The number of hydrogen-bond acceptors (Lipinski definition) is 5. The molecule has 1 aliphatic rings. The molecule has 2 aromatic rings. The number of ether oxygens (including phenoxy) is 1. The molecule has 0 saturated carbocycles. The van der Waals surface area contributed by atoms with E-state index in [1.807, 2.05) is 0 Å². The molecule has 0 radical (unpaired) electrons. The summed E-state index contributed by atoms with van der Waals surface area (Å²) in [6.45, 7) is 0. The first-order valence-corrected chi connectivity index (χ1v) is 7.94. The molecule has 0 aromatic carbocycles. The van der Waals surface area contributed by atoms with Crippen LogP contribution in [0.4, 0.5) is 0 Å². The lowest BCUT2D eigenvalue weighted by Gasteiger charge is -2.19. The molecule has 1 aliphatic heterocycles. The number of methoxy groups -OCH3 is 1. The maximum absolute atomic E-state index is 12.1. The smallest absolute Gasteiger partial charge is 0.198 e. The van der Waals surface area contributed by atoms with Gasteiger partial charge in [0.1, 0.15) is 5.25 Å². The van der Waals surface area contributed by atoms with E-state index in [-0.39, 0.29) is 5.75 Å². The Balaban J connectivity index is 2.11. The number of rotatable bonds is 2. The van der Waals surface area contributed by atoms with Crippen molar-refractivity contribution in [3.05, 3.63) is 24.2 Å². The molecule has 1 saturated heterocycles. The number of fused-ring (bicyclic) bond motifs is 1. The van der Waals surface area contributed by atoms with Crippen LogP contribution in [0.2, 0.25) is 0 Å². The third-order valence-corrected chi connectivity index (χ3v) is 5.60. The third kappa shape index (κ3) is 2.07. The van der Waals surface area contributed by atoms with E-state index in [1.165, 1.54) is 0 Å². The summed E-state index contributed by atoms with van der Waals surface area (Å²) in [5, 5.41) is 3.71. The number of aromatic nitrogens is 3. The lowest BCUT2D eigenvalue weighted by atomic mass is 10.2. The van der Waals surface area contributed by atoms with Crippen molar-refractivity contribution in [2.45, 2.75) is 24.5 Å². The van der Waals surface area contributed by atoms with Crippen molar-refractivity contribution < 1.29 is 13.2 Å². The fourth-order valence-corrected chi connectivity index (χ4v) is 4.28. The van der Waals surface area contributed by atoms with E-state index in [1.54, 1.807) is 30.0 Å². The number of pyridine rings is 1. The lowest BCUT2D eigenvalue weighted by molar-refractivity contribution is 0.416. The second-order valence-corrected chi connectivity index (χ2v) is 6.97. The summed E-state index contributed by atoms with van der Waals surface area (Å²) >= 11 is 0. The SMILES string of the molecule is COc1cccn2nc(C3CCCCS3(=O)=O)nc12. The monoisotopic (exact) mass is 281 g/mol. The van der Waals surface area contributed by atoms with Crippen molar-refractivity contribution in [2.24, 2.45) is 0 Å². The second-order valence-electron chi connectivity index (χ2n) is 4.67. The Bertz CT molecular complexity index is 708. The van der Waals surface area contributed by atoms with Gasteiger partial charge in [0, 0.05) is 6.20 Å². The van der Waals surface area contributed by atoms with Gasteiger partial charge in [-0.1, -0.05) is 6.42 Å². The van der Waals surface area contributed by atoms with E-state index in [0.717, 1.165) is 12.8 Å². The normalized spacial score (nSPS) is 22.5. The van der Waals surface area contributed by atoms with Crippen LogP contribution in [-0.4, -0.2) is 35.9 Å². The molecule has 0 aliphatic carbocycles. The Labute approximate surface area is 111 Å². The van der Waals surface area contributed by atoms with E-state index in [4.69, 9.17) is 4.74 Å². The van der Waals surface area contributed by atoms with Crippen LogP contribution in [0.1, 0.15) is 30.3 Å². The highest BCUT2D eigenvalue weighted by molar-refractivity contribution is 7.91. The average molecular weight is 281 g/mol. The fourth-order valence-electron chi connectivity index (χ4n) is 2.44.